The lowest BCUT2D eigenvalue weighted by Gasteiger charge is -2.46. The molecule has 1 aromatic heterocycles. The summed E-state index contributed by atoms with van der Waals surface area (Å²) >= 11 is 0. The van der Waals surface area contributed by atoms with Gasteiger partial charge in [-0.05, 0) is 74.4 Å². The van der Waals surface area contributed by atoms with Crippen LogP contribution >= 0.6 is 0 Å². The SMILES string of the molecule is CN(C[C@H]1Cc2c(cccc2N2CCN3C(=O)CCC[C@H]3C2)CN1)[C@H]1CCCc2cccnc21. The summed E-state index contributed by atoms with van der Waals surface area (Å²) in [5.74, 6) is 0.358. The molecule has 1 aliphatic carbocycles. The third-order valence-electron chi connectivity index (χ3n) is 8.56. The van der Waals surface area contributed by atoms with Crippen molar-refractivity contribution in [3.8, 4) is 0 Å². The third kappa shape index (κ3) is 4.11. The van der Waals surface area contributed by atoms with E-state index in [1.807, 2.05) is 6.20 Å². The average molecular weight is 460 g/mol. The summed E-state index contributed by atoms with van der Waals surface area (Å²) in [4.78, 5) is 24.4. The van der Waals surface area contributed by atoms with Crippen LogP contribution in [-0.4, -0.2) is 66.0 Å². The van der Waals surface area contributed by atoms with E-state index in [0.717, 1.165) is 64.8 Å². The third-order valence-corrected chi connectivity index (χ3v) is 8.56. The highest BCUT2D eigenvalue weighted by atomic mass is 16.2. The minimum absolute atomic E-state index is 0.358. The molecule has 4 heterocycles. The first kappa shape index (κ1) is 22.1. The Labute approximate surface area is 203 Å². The first-order valence-corrected chi connectivity index (χ1v) is 13.2. The maximum Gasteiger partial charge on any atom is 0.222 e. The van der Waals surface area contributed by atoms with Gasteiger partial charge in [-0.25, -0.2) is 0 Å². The van der Waals surface area contributed by atoms with E-state index < -0.39 is 0 Å². The largest absolute Gasteiger partial charge is 0.367 e. The van der Waals surface area contributed by atoms with Gasteiger partial charge in [-0.2, -0.15) is 0 Å². The fourth-order valence-electron chi connectivity index (χ4n) is 6.79. The van der Waals surface area contributed by atoms with Crippen LogP contribution in [-0.2, 0) is 24.2 Å². The van der Waals surface area contributed by atoms with E-state index in [-0.39, 0.29) is 0 Å². The zero-order chi connectivity index (χ0) is 23.1. The van der Waals surface area contributed by atoms with Crippen LogP contribution in [0.3, 0.4) is 0 Å². The number of rotatable bonds is 4. The van der Waals surface area contributed by atoms with Crippen molar-refractivity contribution in [3.63, 3.8) is 0 Å². The molecule has 2 fully saturated rings. The summed E-state index contributed by atoms with van der Waals surface area (Å²) in [5, 5.41) is 3.82. The number of piperidine rings is 1. The van der Waals surface area contributed by atoms with E-state index >= 15 is 0 Å². The van der Waals surface area contributed by atoms with Gasteiger partial charge in [0, 0.05) is 63.1 Å². The van der Waals surface area contributed by atoms with Crippen molar-refractivity contribution < 1.29 is 4.79 Å². The molecule has 3 atom stereocenters. The first-order valence-electron chi connectivity index (χ1n) is 13.2. The Balaban J connectivity index is 1.17. The van der Waals surface area contributed by atoms with E-state index in [4.69, 9.17) is 4.98 Å². The standard InChI is InChI=1S/C28H37N5O/c1-31(26-11-2-6-20-8-5-13-29-28(20)26)18-22-16-24-21(17-30-22)7-3-10-25(24)32-14-15-33-23(19-32)9-4-12-27(33)34/h3,5,7-8,10,13,22-23,26,30H,2,4,6,9,11-12,14-19H2,1H3/t22-,23+,26+/m1/s1. The minimum Gasteiger partial charge on any atom is -0.367 e. The van der Waals surface area contributed by atoms with Crippen LogP contribution in [0.1, 0.15) is 60.5 Å². The molecule has 1 N–H and O–H groups in total. The van der Waals surface area contributed by atoms with Crippen molar-refractivity contribution in [2.24, 2.45) is 0 Å². The second-order valence-electron chi connectivity index (χ2n) is 10.7. The van der Waals surface area contributed by atoms with Crippen LogP contribution in [0.4, 0.5) is 5.69 Å². The highest BCUT2D eigenvalue weighted by molar-refractivity contribution is 5.78. The number of carbonyl (C=O) groups excluding carboxylic acids is 1. The van der Waals surface area contributed by atoms with Gasteiger partial charge >= 0.3 is 0 Å². The van der Waals surface area contributed by atoms with Gasteiger partial charge in [-0.1, -0.05) is 18.2 Å². The molecule has 6 nitrogen and oxygen atoms in total. The zero-order valence-electron chi connectivity index (χ0n) is 20.4. The van der Waals surface area contributed by atoms with Gasteiger partial charge in [-0.15, -0.1) is 0 Å². The molecule has 0 radical (unpaired) electrons. The van der Waals surface area contributed by atoms with Crippen LogP contribution < -0.4 is 10.2 Å². The highest BCUT2D eigenvalue weighted by Crippen LogP contribution is 2.34. The van der Waals surface area contributed by atoms with Crippen LogP contribution in [0.2, 0.25) is 0 Å². The molecule has 4 aliphatic rings. The molecule has 1 aromatic carbocycles. The molecule has 0 spiro atoms. The highest BCUT2D eigenvalue weighted by Gasteiger charge is 2.35. The molecule has 34 heavy (non-hydrogen) atoms. The summed E-state index contributed by atoms with van der Waals surface area (Å²) < 4.78 is 0. The van der Waals surface area contributed by atoms with Crippen molar-refractivity contribution in [1.29, 1.82) is 0 Å². The molecular weight excluding hydrogens is 422 g/mol. The first-order chi connectivity index (χ1) is 16.7. The van der Waals surface area contributed by atoms with Crippen LogP contribution in [0.15, 0.2) is 36.5 Å². The molecule has 0 bridgehead atoms. The molecule has 3 aliphatic heterocycles. The number of anilines is 1. The van der Waals surface area contributed by atoms with Gasteiger partial charge in [0.15, 0.2) is 0 Å². The second kappa shape index (κ2) is 9.31. The smallest absolute Gasteiger partial charge is 0.222 e. The number of pyridine rings is 1. The lowest BCUT2D eigenvalue weighted by Crippen LogP contribution is -2.57. The Morgan fingerprint density at radius 1 is 1.09 bits per heavy atom. The van der Waals surface area contributed by atoms with Crippen molar-refractivity contribution >= 4 is 11.6 Å². The fraction of sp³-hybridized carbons (Fsp3) is 0.571. The molecule has 2 aromatic rings. The number of hydrogen-bond donors (Lipinski definition) is 1. The maximum absolute atomic E-state index is 12.3. The van der Waals surface area contributed by atoms with Crippen LogP contribution in [0.25, 0.3) is 0 Å². The van der Waals surface area contributed by atoms with E-state index in [2.05, 4.69) is 57.4 Å². The monoisotopic (exact) mass is 459 g/mol. The second-order valence-corrected chi connectivity index (χ2v) is 10.7. The summed E-state index contributed by atoms with van der Waals surface area (Å²) in [6.07, 6.45) is 9.52. The Kier molecular flexibility index (Phi) is 6.04. The Bertz CT molecular complexity index is 1050. The van der Waals surface area contributed by atoms with Gasteiger partial charge in [-0.3, -0.25) is 14.7 Å². The number of carbonyl (C=O) groups is 1. The lowest BCUT2D eigenvalue weighted by atomic mass is 9.89. The van der Waals surface area contributed by atoms with Crippen LogP contribution in [0, 0.1) is 0 Å². The van der Waals surface area contributed by atoms with E-state index in [9.17, 15) is 4.79 Å². The Morgan fingerprint density at radius 2 is 1.97 bits per heavy atom. The van der Waals surface area contributed by atoms with Gasteiger partial charge in [0.2, 0.25) is 5.91 Å². The lowest BCUT2D eigenvalue weighted by molar-refractivity contribution is -0.136. The number of benzene rings is 1. The Morgan fingerprint density at radius 3 is 2.91 bits per heavy atom. The van der Waals surface area contributed by atoms with Crippen molar-refractivity contribution in [2.75, 3.05) is 38.1 Å². The number of likely N-dealkylation sites (N-methyl/N-ethyl adjacent to an activating group) is 1. The van der Waals surface area contributed by atoms with Gasteiger partial charge < -0.3 is 15.1 Å². The predicted octanol–water partition coefficient (Wildman–Crippen LogP) is 3.31. The topological polar surface area (TPSA) is 51.7 Å². The van der Waals surface area contributed by atoms with Gasteiger partial charge in [0.25, 0.3) is 0 Å². The van der Waals surface area contributed by atoms with Crippen molar-refractivity contribution in [2.45, 2.75) is 69.6 Å². The molecular formula is C28H37N5O. The summed E-state index contributed by atoms with van der Waals surface area (Å²) in [6.45, 7) is 4.75. The Hall–Kier alpha value is -2.44. The number of fused-ring (bicyclic) bond motifs is 3. The van der Waals surface area contributed by atoms with E-state index in [0.29, 0.717) is 24.0 Å². The summed E-state index contributed by atoms with van der Waals surface area (Å²) in [5.41, 5.74) is 7.05. The number of piperazine rings is 1. The molecule has 0 unspecified atom stereocenters. The zero-order valence-corrected chi connectivity index (χ0v) is 20.4. The summed E-state index contributed by atoms with van der Waals surface area (Å²) in [7, 11) is 2.27. The van der Waals surface area contributed by atoms with E-state index in [1.165, 1.54) is 40.9 Å². The van der Waals surface area contributed by atoms with Gasteiger partial charge in [0.1, 0.15) is 0 Å². The molecule has 0 saturated carbocycles. The van der Waals surface area contributed by atoms with Crippen LogP contribution in [0.5, 0.6) is 0 Å². The number of nitrogens with zero attached hydrogens (tertiary/aromatic N) is 4. The normalized spacial score (nSPS) is 26.8. The number of nitrogens with one attached hydrogen (secondary N) is 1. The molecule has 180 valence electrons. The average Bonchev–Trinajstić information content (AvgIpc) is 2.88. The molecule has 2 saturated heterocycles. The quantitative estimate of drug-likeness (QED) is 0.760. The van der Waals surface area contributed by atoms with Crippen molar-refractivity contribution in [1.82, 2.24) is 20.1 Å². The molecule has 6 rings (SSSR count). The van der Waals surface area contributed by atoms with Crippen molar-refractivity contribution in [3.05, 3.63) is 58.9 Å². The minimum atomic E-state index is 0.358. The number of amides is 1. The predicted molar refractivity (Wildman–Crippen MR) is 135 cm³/mol. The van der Waals surface area contributed by atoms with E-state index in [1.54, 1.807) is 0 Å². The number of aromatic nitrogens is 1. The molecule has 6 heteroatoms. The molecule has 1 amide bonds. The van der Waals surface area contributed by atoms with Gasteiger partial charge in [0.05, 0.1) is 11.7 Å². The summed E-state index contributed by atoms with van der Waals surface area (Å²) in [6, 6.07) is 12.4. The number of aryl methyl sites for hydroxylation is 1. The fourth-order valence-corrected chi connectivity index (χ4v) is 6.79. The maximum atomic E-state index is 12.3. The number of hydrogen-bond acceptors (Lipinski definition) is 5.